The fourth-order valence-electron chi connectivity index (χ4n) is 4.45. The minimum absolute atomic E-state index is 0.0961. The highest BCUT2D eigenvalue weighted by atomic mass is 32.2. The minimum atomic E-state index is -3.64. The molecule has 0 bridgehead atoms. The van der Waals surface area contributed by atoms with Crippen LogP contribution in [0, 0.1) is 17.1 Å². The van der Waals surface area contributed by atoms with Crippen LogP contribution in [-0.4, -0.2) is 28.7 Å². The lowest BCUT2D eigenvalue weighted by molar-refractivity contribution is 0.324. The number of hydrogen-bond donors (Lipinski definition) is 1. The van der Waals surface area contributed by atoms with Gasteiger partial charge in [-0.3, -0.25) is 4.72 Å². The lowest BCUT2D eigenvalue weighted by Gasteiger charge is -2.30. The van der Waals surface area contributed by atoms with Gasteiger partial charge in [0.1, 0.15) is 17.6 Å². The third-order valence-corrected chi connectivity index (χ3v) is 7.74. The monoisotopic (exact) mass is 505 g/mol. The summed E-state index contributed by atoms with van der Waals surface area (Å²) in [6.45, 7) is 1.74. The summed E-state index contributed by atoms with van der Waals surface area (Å²) in [7, 11) is -3.64. The molecule has 5 rings (SSSR count). The summed E-state index contributed by atoms with van der Waals surface area (Å²) in [4.78, 5) is 8.19. The highest BCUT2D eigenvalue weighted by molar-refractivity contribution is 7.92. The number of ether oxygens (including phenoxy) is 1. The Morgan fingerprint density at radius 2 is 1.97 bits per heavy atom. The Balaban J connectivity index is 1.62. The highest BCUT2D eigenvalue weighted by Crippen LogP contribution is 2.44. The average molecular weight is 506 g/mol. The number of nitrogens with zero attached hydrogens (tertiary/aromatic N) is 4. The van der Waals surface area contributed by atoms with Crippen LogP contribution in [-0.2, 0) is 10.0 Å². The van der Waals surface area contributed by atoms with Crippen molar-refractivity contribution in [3.63, 3.8) is 0 Å². The van der Waals surface area contributed by atoms with Gasteiger partial charge in [-0.25, -0.2) is 22.8 Å². The van der Waals surface area contributed by atoms with Crippen LogP contribution in [0.15, 0.2) is 54.9 Å². The van der Waals surface area contributed by atoms with E-state index in [4.69, 9.17) is 4.74 Å². The van der Waals surface area contributed by atoms with E-state index in [2.05, 4.69) is 25.3 Å². The molecule has 0 aliphatic heterocycles. The molecule has 4 aromatic rings. The molecule has 1 aliphatic rings. The number of benzene rings is 2. The second kappa shape index (κ2) is 9.59. The predicted octanol–water partition coefficient (Wildman–Crippen LogP) is 5.78. The molecular weight excluding hydrogens is 481 g/mol. The zero-order valence-corrected chi connectivity index (χ0v) is 20.4. The molecule has 0 unspecified atom stereocenters. The van der Waals surface area contributed by atoms with Crippen LogP contribution in [0.25, 0.3) is 22.2 Å². The van der Waals surface area contributed by atoms with Crippen LogP contribution in [0.3, 0.4) is 0 Å². The van der Waals surface area contributed by atoms with E-state index in [9.17, 15) is 13.7 Å². The SMILES string of the molecule is CCCS(=O)(=O)Nc1ccc(-c2c(C#N)c3ccc(Oc4ncccn4)cc3n2C2CCC2)cc1F. The van der Waals surface area contributed by atoms with Crippen LogP contribution in [0.5, 0.6) is 11.8 Å². The van der Waals surface area contributed by atoms with Crippen molar-refractivity contribution in [3.8, 4) is 29.1 Å². The molecule has 0 atom stereocenters. The maximum atomic E-state index is 15.1. The van der Waals surface area contributed by atoms with E-state index < -0.39 is 15.8 Å². The number of aromatic nitrogens is 3. The van der Waals surface area contributed by atoms with Crippen molar-refractivity contribution in [1.82, 2.24) is 14.5 Å². The summed E-state index contributed by atoms with van der Waals surface area (Å²) in [6, 6.07) is 14.1. The van der Waals surface area contributed by atoms with Crippen molar-refractivity contribution < 1.29 is 17.5 Å². The van der Waals surface area contributed by atoms with Gasteiger partial charge in [0.2, 0.25) is 10.0 Å². The van der Waals surface area contributed by atoms with Crippen molar-refractivity contribution in [2.45, 2.75) is 38.6 Å². The Bertz CT molecular complexity index is 1570. The number of hydrogen-bond acceptors (Lipinski definition) is 6. The molecule has 184 valence electrons. The van der Waals surface area contributed by atoms with Gasteiger partial charge in [-0.2, -0.15) is 5.26 Å². The van der Waals surface area contributed by atoms with Crippen molar-refractivity contribution in [2.75, 3.05) is 10.5 Å². The molecule has 10 heteroatoms. The number of sulfonamides is 1. The smallest absolute Gasteiger partial charge is 0.321 e. The van der Waals surface area contributed by atoms with Gasteiger partial charge in [0.15, 0.2) is 0 Å². The van der Waals surface area contributed by atoms with Gasteiger partial charge in [0, 0.05) is 35.5 Å². The van der Waals surface area contributed by atoms with Crippen molar-refractivity contribution in [2.24, 2.45) is 0 Å². The van der Waals surface area contributed by atoms with E-state index in [0.717, 1.165) is 30.2 Å². The van der Waals surface area contributed by atoms with Gasteiger partial charge in [0.05, 0.1) is 28.2 Å². The molecule has 1 fully saturated rings. The standard InChI is InChI=1S/C26H24FN5O3S/c1-2-13-36(33,34)31-23-10-7-17(14-22(23)27)25-21(16-28)20-9-8-19(35-26-29-11-4-12-30-26)15-24(20)32(25)18-5-3-6-18/h4,7-12,14-15,18,31H,2-3,5-6,13H2,1H3. The van der Waals surface area contributed by atoms with E-state index in [1.165, 1.54) is 12.1 Å². The van der Waals surface area contributed by atoms with Gasteiger partial charge in [-0.15, -0.1) is 0 Å². The minimum Gasteiger partial charge on any atom is -0.424 e. The molecule has 1 aliphatic carbocycles. The molecule has 36 heavy (non-hydrogen) atoms. The fourth-order valence-corrected chi connectivity index (χ4v) is 5.59. The second-order valence-corrected chi connectivity index (χ2v) is 10.6. The van der Waals surface area contributed by atoms with Gasteiger partial charge in [-0.1, -0.05) is 13.0 Å². The largest absolute Gasteiger partial charge is 0.424 e. The van der Waals surface area contributed by atoms with E-state index in [1.807, 2.05) is 12.1 Å². The third kappa shape index (κ3) is 4.50. The summed E-state index contributed by atoms with van der Waals surface area (Å²) >= 11 is 0. The quantitative estimate of drug-likeness (QED) is 0.325. The zero-order valence-electron chi connectivity index (χ0n) is 19.6. The number of fused-ring (bicyclic) bond motifs is 1. The Labute approximate surface area is 208 Å². The maximum Gasteiger partial charge on any atom is 0.321 e. The van der Waals surface area contributed by atoms with Gasteiger partial charge >= 0.3 is 6.01 Å². The van der Waals surface area contributed by atoms with Crippen molar-refractivity contribution >= 4 is 26.6 Å². The molecule has 0 spiro atoms. The highest BCUT2D eigenvalue weighted by Gasteiger charge is 2.28. The first kappa shape index (κ1) is 23.8. The Morgan fingerprint density at radius 3 is 2.61 bits per heavy atom. The van der Waals surface area contributed by atoms with Crippen molar-refractivity contribution in [1.29, 1.82) is 5.26 Å². The van der Waals surface area contributed by atoms with E-state index in [1.54, 1.807) is 37.5 Å². The fraction of sp³-hybridized carbons (Fsp3) is 0.269. The predicted molar refractivity (Wildman–Crippen MR) is 135 cm³/mol. The summed E-state index contributed by atoms with van der Waals surface area (Å²) in [5.74, 6) is -0.275. The summed E-state index contributed by atoms with van der Waals surface area (Å²) in [6.07, 6.45) is 6.53. The van der Waals surface area contributed by atoms with Crippen LogP contribution < -0.4 is 9.46 Å². The first-order valence-corrected chi connectivity index (χ1v) is 13.4. The Morgan fingerprint density at radius 1 is 1.19 bits per heavy atom. The van der Waals surface area contributed by atoms with Crippen LogP contribution in [0.4, 0.5) is 10.1 Å². The number of halogens is 1. The second-order valence-electron chi connectivity index (χ2n) is 8.72. The van der Waals surface area contributed by atoms with Gasteiger partial charge in [-0.05, 0) is 56.0 Å². The molecule has 1 N–H and O–H groups in total. The third-order valence-electron chi connectivity index (χ3n) is 6.26. The molecule has 1 saturated carbocycles. The molecule has 2 heterocycles. The number of nitrogens with one attached hydrogen (secondary N) is 1. The summed E-state index contributed by atoms with van der Waals surface area (Å²) in [5.41, 5.74) is 2.22. The van der Waals surface area contributed by atoms with E-state index in [0.29, 0.717) is 29.0 Å². The van der Waals surface area contributed by atoms with Gasteiger partial charge in [0.25, 0.3) is 0 Å². The van der Waals surface area contributed by atoms with Crippen molar-refractivity contribution in [3.05, 3.63) is 66.2 Å². The first-order valence-electron chi connectivity index (χ1n) is 11.7. The normalized spacial score (nSPS) is 13.8. The first-order chi connectivity index (χ1) is 17.4. The number of nitriles is 1. The Hall–Kier alpha value is -3.97. The van der Waals surface area contributed by atoms with E-state index >= 15 is 4.39 Å². The van der Waals surface area contributed by atoms with Crippen LogP contribution in [0.2, 0.25) is 0 Å². The molecule has 2 aromatic heterocycles. The molecule has 0 radical (unpaired) electrons. The molecular formula is C26H24FN5O3S. The summed E-state index contributed by atoms with van der Waals surface area (Å²) in [5, 5.41) is 10.8. The number of rotatable bonds is 8. The lowest BCUT2D eigenvalue weighted by Crippen LogP contribution is -2.18. The maximum absolute atomic E-state index is 15.1. The lowest BCUT2D eigenvalue weighted by atomic mass is 9.92. The summed E-state index contributed by atoms with van der Waals surface area (Å²) < 4.78 is 49.5. The van der Waals surface area contributed by atoms with E-state index in [-0.39, 0.29) is 23.5 Å². The van der Waals surface area contributed by atoms with Crippen LogP contribution >= 0.6 is 0 Å². The van der Waals surface area contributed by atoms with Gasteiger partial charge < -0.3 is 9.30 Å². The zero-order chi connectivity index (χ0) is 25.3. The van der Waals surface area contributed by atoms with Crippen LogP contribution in [0.1, 0.15) is 44.2 Å². The number of anilines is 1. The molecule has 0 saturated heterocycles. The molecule has 0 amide bonds. The topological polar surface area (TPSA) is 110 Å². The molecule has 2 aromatic carbocycles. The Kier molecular flexibility index (Phi) is 6.33. The average Bonchev–Trinajstić information content (AvgIpc) is 3.13. The molecule has 8 nitrogen and oxygen atoms in total.